The molecule has 0 unspecified atom stereocenters. The van der Waals surface area contributed by atoms with E-state index < -0.39 is 4.92 Å². The van der Waals surface area contributed by atoms with E-state index in [2.05, 4.69) is 10.1 Å². The monoisotopic (exact) mass is 345 g/mol. The number of nitro groups is 1. The Balaban J connectivity index is 2.06. The van der Waals surface area contributed by atoms with Gasteiger partial charge in [-0.15, -0.1) is 0 Å². The third-order valence-corrected chi connectivity index (χ3v) is 3.43. The first-order valence-corrected chi connectivity index (χ1v) is 7.04. The molecule has 3 rings (SSSR count). The molecule has 128 valence electrons. The minimum atomic E-state index is -0.595. The molecule has 0 bridgehead atoms. The number of hydrogen-bond acceptors (Lipinski definition) is 7. The van der Waals surface area contributed by atoms with Crippen molar-refractivity contribution in [2.45, 2.75) is 0 Å². The van der Waals surface area contributed by atoms with E-state index in [9.17, 15) is 14.5 Å². The van der Waals surface area contributed by atoms with E-state index in [0.717, 1.165) is 0 Å². The number of aromatic nitrogens is 2. The Bertz CT molecular complexity index is 924. The number of hydrogen-bond donors (Lipinski definition) is 0. The molecule has 9 heteroatoms. The van der Waals surface area contributed by atoms with Gasteiger partial charge in [0.05, 0.1) is 24.7 Å². The van der Waals surface area contributed by atoms with E-state index in [1.807, 2.05) is 0 Å². The molecular formula is C16H12FN3O5. The van der Waals surface area contributed by atoms with Crippen molar-refractivity contribution < 1.29 is 23.3 Å². The predicted octanol–water partition coefficient (Wildman–Crippen LogP) is 3.47. The minimum absolute atomic E-state index is 0.00507. The predicted molar refractivity (Wildman–Crippen MR) is 84.9 cm³/mol. The highest BCUT2D eigenvalue weighted by molar-refractivity contribution is 5.69. The van der Waals surface area contributed by atoms with Crippen LogP contribution in [0.1, 0.15) is 0 Å². The van der Waals surface area contributed by atoms with Gasteiger partial charge in [-0.1, -0.05) is 5.16 Å². The van der Waals surface area contributed by atoms with Crippen LogP contribution in [0, 0.1) is 15.9 Å². The highest BCUT2D eigenvalue weighted by atomic mass is 19.1. The second-order valence-electron chi connectivity index (χ2n) is 4.92. The van der Waals surface area contributed by atoms with Crippen LogP contribution in [-0.4, -0.2) is 29.3 Å². The second-order valence-corrected chi connectivity index (χ2v) is 4.92. The lowest BCUT2D eigenvalue weighted by atomic mass is 10.1. The van der Waals surface area contributed by atoms with Crippen LogP contribution in [0.3, 0.4) is 0 Å². The lowest BCUT2D eigenvalue weighted by Crippen LogP contribution is -1.98. The molecule has 0 aliphatic rings. The van der Waals surface area contributed by atoms with Crippen LogP contribution in [0.15, 0.2) is 40.9 Å². The lowest BCUT2D eigenvalue weighted by Gasteiger charge is -2.08. The van der Waals surface area contributed by atoms with Crippen LogP contribution < -0.4 is 9.47 Å². The van der Waals surface area contributed by atoms with Crippen molar-refractivity contribution >= 4 is 5.69 Å². The van der Waals surface area contributed by atoms with E-state index >= 15 is 0 Å². The number of nitro benzene ring substituents is 1. The van der Waals surface area contributed by atoms with Crippen molar-refractivity contribution in [3.63, 3.8) is 0 Å². The van der Waals surface area contributed by atoms with Gasteiger partial charge in [0.1, 0.15) is 5.82 Å². The topological polar surface area (TPSA) is 101 Å². The van der Waals surface area contributed by atoms with Crippen molar-refractivity contribution in [3.8, 4) is 34.3 Å². The van der Waals surface area contributed by atoms with E-state index in [-0.39, 0.29) is 34.7 Å². The first-order chi connectivity index (χ1) is 12.0. The number of rotatable bonds is 5. The zero-order valence-electron chi connectivity index (χ0n) is 13.2. The summed E-state index contributed by atoms with van der Waals surface area (Å²) in [7, 11) is 2.67. The number of halogens is 1. The van der Waals surface area contributed by atoms with Crippen LogP contribution in [0.2, 0.25) is 0 Å². The zero-order valence-corrected chi connectivity index (χ0v) is 13.2. The Kier molecular flexibility index (Phi) is 4.29. The molecule has 8 nitrogen and oxygen atoms in total. The van der Waals surface area contributed by atoms with Crippen LogP contribution in [0.5, 0.6) is 11.5 Å². The van der Waals surface area contributed by atoms with E-state index in [0.29, 0.717) is 11.1 Å². The summed E-state index contributed by atoms with van der Waals surface area (Å²) < 4.78 is 28.3. The third-order valence-electron chi connectivity index (χ3n) is 3.43. The third kappa shape index (κ3) is 3.11. The van der Waals surface area contributed by atoms with Gasteiger partial charge in [-0.2, -0.15) is 4.98 Å². The van der Waals surface area contributed by atoms with Crippen molar-refractivity contribution in [2.75, 3.05) is 14.2 Å². The summed E-state index contributed by atoms with van der Waals surface area (Å²) in [6.07, 6.45) is 0. The highest BCUT2D eigenvalue weighted by Crippen LogP contribution is 2.40. The van der Waals surface area contributed by atoms with Gasteiger partial charge in [0.25, 0.3) is 5.89 Å². The maximum Gasteiger partial charge on any atom is 0.315 e. The molecule has 3 aromatic rings. The zero-order chi connectivity index (χ0) is 18.0. The SMILES string of the molecule is COc1cc(-c2nc(-c3ccc(F)cc3)no2)cc([N+](=O)[O-])c1OC. The molecule has 0 radical (unpaired) electrons. The fourth-order valence-corrected chi connectivity index (χ4v) is 2.26. The molecule has 2 aromatic carbocycles. The fourth-order valence-electron chi connectivity index (χ4n) is 2.26. The first-order valence-electron chi connectivity index (χ1n) is 7.04. The normalized spacial score (nSPS) is 10.5. The van der Waals surface area contributed by atoms with Crippen LogP contribution in [0.25, 0.3) is 22.8 Å². The van der Waals surface area contributed by atoms with Gasteiger partial charge in [-0.3, -0.25) is 10.1 Å². The average Bonchev–Trinajstić information content (AvgIpc) is 3.11. The molecule has 0 aliphatic carbocycles. The van der Waals surface area contributed by atoms with Crippen molar-refractivity contribution in [2.24, 2.45) is 0 Å². The minimum Gasteiger partial charge on any atom is -0.493 e. The van der Waals surface area contributed by atoms with Gasteiger partial charge in [0.2, 0.25) is 11.6 Å². The molecule has 25 heavy (non-hydrogen) atoms. The van der Waals surface area contributed by atoms with E-state index in [1.54, 1.807) is 0 Å². The molecule has 0 aliphatic heterocycles. The molecular weight excluding hydrogens is 333 g/mol. The molecule has 0 spiro atoms. The summed E-state index contributed by atoms with van der Waals surface area (Å²) in [6, 6.07) is 8.29. The first kappa shape index (κ1) is 16.4. The summed E-state index contributed by atoms with van der Waals surface area (Å²) in [5, 5.41) is 15.1. The van der Waals surface area contributed by atoms with Crippen molar-refractivity contribution in [1.29, 1.82) is 0 Å². The Morgan fingerprint density at radius 2 is 1.84 bits per heavy atom. The summed E-state index contributed by atoms with van der Waals surface area (Å²) in [6.45, 7) is 0. The largest absolute Gasteiger partial charge is 0.493 e. The molecule has 0 saturated heterocycles. The molecule has 0 amide bonds. The van der Waals surface area contributed by atoms with Gasteiger partial charge in [0.15, 0.2) is 5.75 Å². The molecule has 0 N–H and O–H groups in total. The Hall–Kier alpha value is -3.49. The van der Waals surface area contributed by atoms with Crippen LogP contribution in [-0.2, 0) is 0 Å². The molecule has 0 saturated carbocycles. The standard InChI is InChI=1S/C16H12FN3O5/c1-23-13-8-10(7-12(20(21)22)14(13)24-2)16-18-15(19-25-16)9-3-5-11(17)6-4-9/h3-8H,1-2H3. The smallest absolute Gasteiger partial charge is 0.315 e. The van der Waals surface area contributed by atoms with Gasteiger partial charge in [0, 0.05) is 11.6 Å². The van der Waals surface area contributed by atoms with Gasteiger partial charge < -0.3 is 14.0 Å². The lowest BCUT2D eigenvalue weighted by molar-refractivity contribution is -0.385. The quantitative estimate of drug-likeness (QED) is 0.515. The van der Waals surface area contributed by atoms with Crippen molar-refractivity contribution in [1.82, 2.24) is 10.1 Å². The van der Waals surface area contributed by atoms with Gasteiger partial charge >= 0.3 is 5.69 Å². The van der Waals surface area contributed by atoms with Crippen LogP contribution >= 0.6 is 0 Å². The summed E-state index contributed by atoms with van der Waals surface area (Å²) in [4.78, 5) is 14.9. The second kappa shape index (κ2) is 6.56. The molecule has 0 fully saturated rings. The number of methoxy groups -OCH3 is 2. The molecule has 1 heterocycles. The van der Waals surface area contributed by atoms with Gasteiger partial charge in [-0.05, 0) is 30.3 Å². The van der Waals surface area contributed by atoms with Crippen molar-refractivity contribution in [3.05, 3.63) is 52.3 Å². The Morgan fingerprint density at radius 1 is 1.12 bits per heavy atom. The summed E-state index contributed by atoms with van der Waals surface area (Å²) in [5.74, 6) is 0.0570. The van der Waals surface area contributed by atoms with Gasteiger partial charge in [-0.25, -0.2) is 4.39 Å². The maximum atomic E-state index is 13.0. The summed E-state index contributed by atoms with van der Waals surface area (Å²) >= 11 is 0. The Morgan fingerprint density at radius 3 is 2.44 bits per heavy atom. The van der Waals surface area contributed by atoms with E-state index in [4.69, 9.17) is 14.0 Å². The molecule has 0 atom stereocenters. The average molecular weight is 345 g/mol. The van der Waals surface area contributed by atoms with E-state index in [1.165, 1.54) is 50.6 Å². The summed E-state index contributed by atoms with van der Waals surface area (Å²) in [5.41, 5.74) is 0.551. The number of ether oxygens (including phenoxy) is 2. The fraction of sp³-hybridized carbons (Fsp3) is 0.125. The van der Waals surface area contributed by atoms with Crippen LogP contribution in [0.4, 0.5) is 10.1 Å². The number of benzene rings is 2. The number of nitrogens with zero attached hydrogens (tertiary/aromatic N) is 3. The highest BCUT2D eigenvalue weighted by Gasteiger charge is 2.24. The Labute approximate surface area is 141 Å². The molecule has 1 aromatic heterocycles. The maximum absolute atomic E-state index is 13.0.